The normalized spacial score (nSPS) is 10.9. The van der Waals surface area contributed by atoms with Gasteiger partial charge in [-0.3, -0.25) is 10.1 Å². The van der Waals surface area contributed by atoms with Gasteiger partial charge in [0, 0.05) is 12.3 Å². The third-order valence-corrected chi connectivity index (χ3v) is 2.69. The van der Waals surface area contributed by atoms with E-state index in [1.165, 1.54) is 18.3 Å². The van der Waals surface area contributed by atoms with Crippen molar-refractivity contribution in [1.82, 2.24) is 14.8 Å². The molecule has 6 nitrogen and oxygen atoms in total. The van der Waals surface area contributed by atoms with Crippen LogP contribution >= 0.6 is 15.9 Å². The third-order valence-electron chi connectivity index (χ3n) is 2.08. The summed E-state index contributed by atoms with van der Waals surface area (Å²) in [5, 5.41) is 14.1. The number of rotatable bonds is 3. The van der Waals surface area contributed by atoms with Crippen molar-refractivity contribution in [3.8, 4) is 5.82 Å². The summed E-state index contributed by atoms with van der Waals surface area (Å²) in [6.45, 7) is 0. The van der Waals surface area contributed by atoms with Crippen LogP contribution in [0, 0.1) is 10.1 Å². The molecular formula is C9H5BrF2N4O2. The molecule has 0 aromatic carbocycles. The molecule has 0 saturated heterocycles. The van der Waals surface area contributed by atoms with Gasteiger partial charge in [0.05, 0.1) is 9.40 Å². The molecule has 18 heavy (non-hydrogen) atoms. The Bertz CT molecular complexity index is 585. The Kier molecular flexibility index (Phi) is 3.32. The second kappa shape index (κ2) is 4.77. The van der Waals surface area contributed by atoms with Gasteiger partial charge in [0.2, 0.25) is 0 Å². The first kappa shape index (κ1) is 12.6. The predicted molar refractivity (Wildman–Crippen MR) is 60.7 cm³/mol. The van der Waals surface area contributed by atoms with E-state index < -0.39 is 17.0 Å². The van der Waals surface area contributed by atoms with Crippen molar-refractivity contribution in [2.75, 3.05) is 0 Å². The number of aromatic nitrogens is 3. The lowest BCUT2D eigenvalue weighted by atomic mass is 10.4. The van der Waals surface area contributed by atoms with E-state index in [0.29, 0.717) is 0 Å². The summed E-state index contributed by atoms with van der Waals surface area (Å²) in [4.78, 5) is 13.6. The first-order valence-electron chi connectivity index (χ1n) is 4.63. The van der Waals surface area contributed by atoms with E-state index in [9.17, 15) is 18.9 Å². The maximum atomic E-state index is 12.5. The Labute approximate surface area is 108 Å². The van der Waals surface area contributed by atoms with Crippen LogP contribution in [-0.2, 0) is 0 Å². The number of pyridine rings is 1. The highest BCUT2D eigenvalue weighted by Crippen LogP contribution is 2.26. The fraction of sp³-hybridized carbons (Fsp3) is 0.111. The van der Waals surface area contributed by atoms with Crippen LogP contribution in [0.25, 0.3) is 5.82 Å². The topological polar surface area (TPSA) is 73.8 Å². The molecule has 0 aliphatic rings. The van der Waals surface area contributed by atoms with Gasteiger partial charge in [0.15, 0.2) is 5.82 Å². The zero-order valence-electron chi connectivity index (χ0n) is 8.63. The lowest BCUT2D eigenvalue weighted by Crippen LogP contribution is -2.00. The smallest absolute Gasteiger partial charge is 0.258 e. The Balaban J connectivity index is 2.37. The molecule has 2 heterocycles. The predicted octanol–water partition coefficient (Wildman–Crippen LogP) is 2.88. The first-order chi connectivity index (χ1) is 8.49. The van der Waals surface area contributed by atoms with E-state index in [-0.39, 0.29) is 16.0 Å². The summed E-state index contributed by atoms with van der Waals surface area (Å²) in [6.07, 6.45) is -0.360. The summed E-state index contributed by atoms with van der Waals surface area (Å²) in [5.74, 6) is 0.216. The molecule has 2 aromatic rings. The van der Waals surface area contributed by atoms with Crippen LogP contribution in [0.1, 0.15) is 12.1 Å². The fourth-order valence-corrected chi connectivity index (χ4v) is 1.70. The molecule has 0 amide bonds. The zero-order chi connectivity index (χ0) is 13.3. The van der Waals surface area contributed by atoms with Crippen molar-refractivity contribution in [1.29, 1.82) is 0 Å². The number of nitrogens with zero attached hydrogens (tertiary/aromatic N) is 4. The van der Waals surface area contributed by atoms with E-state index in [1.54, 1.807) is 0 Å². The van der Waals surface area contributed by atoms with Crippen molar-refractivity contribution < 1.29 is 13.7 Å². The van der Waals surface area contributed by atoms with Crippen LogP contribution in [0.5, 0.6) is 0 Å². The van der Waals surface area contributed by atoms with Gasteiger partial charge in [-0.1, -0.05) is 0 Å². The number of hydrogen-bond donors (Lipinski definition) is 0. The molecule has 0 radical (unpaired) electrons. The molecule has 9 heteroatoms. The highest BCUT2D eigenvalue weighted by atomic mass is 79.9. The summed E-state index contributed by atoms with van der Waals surface area (Å²) in [7, 11) is 0. The van der Waals surface area contributed by atoms with Crippen LogP contribution in [0.3, 0.4) is 0 Å². The summed E-state index contributed by atoms with van der Waals surface area (Å²) >= 11 is 2.95. The van der Waals surface area contributed by atoms with Gasteiger partial charge in [-0.25, -0.2) is 18.4 Å². The molecule has 0 aliphatic heterocycles. The molecule has 2 rings (SSSR count). The maximum Gasteiger partial charge on any atom is 0.287 e. The lowest BCUT2D eigenvalue weighted by molar-refractivity contribution is -0.385. The minimum atomic E-state index is -2.71. The summed E-state index contributed by atoms with van der Waals surface area (Å²) in [5.41, 5.74) is -0.589. The Hall–Kier alpha value is -1.90. The molecule has 0 bridgehead atoms. The standard InChI is InChI=1S/C9H5BrF2N4O2/c10-6-4-15(14-8(6)9(11)12)7-2-1-5(3-13-7)16(17)18/h1-4,9H. The number of nitro groups is 1. The van der Waals surface area contributed by atoms with E-state index in [0.717, 1.165) is 10.9 Å². The highest BCUT2D eigenvalue weighted by Gasteiger charge is 2.17. The van der Waals surface area contributed by atoms with Gasteiger partial charge in [-0.05, 0) is 22.0 Å². The summed E-state index contributed by atoms with van der Waals surface area (Å²) < 4.78 is 26.3. The minimum Gasteiger partial charge on any atom is -0.258 e. The van der Waals surface area contributed by atoms with Crippen LogP contribution in [0.2, 0.25) is 0 Å². The Morgan fingerprint density at radius 1 is 1.44 bits per heavy atom. The van der Waals surface area contributed by atoms with Gasteiger partial charge in [-0.15, -0.1) is 0 Å². The molecule has 2 aromatic heterocycles. The number of alkyl halides is 2. The van der Waals surface area contributed by atoms with Crippen molar-refractivity contribution >= 4 is 21.6 Å². The fourth-order valence-electron chi connectivity index (χ4n) is 1.25. The zero-order valence-corrected chi connectivity index (χ0v) is 10.2. The average Bonchev–Trinajstić information content (AvgIpc) is 2.71. The Morgan fingerprint density at radius 3 is 2.61 bits per heavy atom. The van der Waals surface area contributed by atoms with E-state index in [4.69, 9.17) is 0 Å². The van der Waals surface area contributed by atoms with Crippen molar-refractivity contribution in [2.24, 2.45) is 0 Å². The number of hydrogen-bond acceptors (Lipinski definition) is 4. The molecule has 0 saturated carbocycles. The maximum absolute atomic E-state index is 12.5. The minimum absolute atomic E-state index is 0.151. The molecule has 0 N–H and O–H groups in total. The first-order valence-corrected chi connectivity index (χ1v) is 5.42. The second-order valence-corrected chi connectivity index (χ2v) is 4.09. The molecular weight excluding hydrogens is 314 g/mol. The van der Waals surface area contributed by atoms with E-state index in [2.05, 4.69) is 26.0 Å². The number of halogens is 3. The van der Waals surface area contributed by atoms with E-state index in [1.807, 2.05) is 0 Å². The van der Waals surface area contributed by atoms with Crippen LogP contribution < -0.4 is 0 Å². The third kappa shape index (κ3) is 2.35. The quantitative estimate of drug-likeness (QED) is 0.644. The largest absolute Gasteiger partial charge is 0.287 e. The molecule has 0 fully saturated rings. The SMILES string of the molecule is O=[N+]([O-])c1ccc(-n2cc(Br)c(C(F)F)n2)nc1. The van der Waals surface area contributed by atoms with E-state index >= 15 is 0 Å². The molecule has 0 spiro atoms. The monoisotopic (exact) mass is 318 g/mol. The molecule has 0 atom stereocenters. The Morgan fingerprint density at radius 2 is 2.17 bits per heavy atom. The van der Waals surface area contributed by atoms with Gasteiger partial charge in [-0.2, -0.15) is 5.10 Å². The molecule has 0 unspecified atom stereocenters. The highest BCUT2D eigenvalue weighted by molar-refractivity contribution is 9.10. The average molecular weight is 319 g/mol. The van der Waals surface area contributed by atoms with Crippen molar-refractivity contribution in [3.05, 3.63) is 44.8 Å². The van der Waals surface area contributed by atoms with Crippen LogP contribution in [0.4, 0.5) is 14.5 Å². The molecule has 94 valence electrons. The van der Waals surface area contributed by atoms with Gasteiger partial charge < -0.3 is 0 Å². The van der Waals surface area contributed by atoms with Gasteiger partial charge in [0.1, 0.15) is 11.9 Å². The van der Waals surface area contributed by atoms with Crippen LogP contribution in [0.15, 0.2) is 29.0 Å². The van der Waals surface area contributed by atoms with Crippen molar-refractivity contribution in [3.63, 3.8) is 0 Å². The van der Waals surface area contributed by atoms with Gasteiger partial charge >= 0.3 is 0 Å². The van der Waals surface area contributed by atoms with Crippen LogP contribution in [-0.4, -0.2) is 19.7 Å². The second-order valence-electron chi connectivity index (χ2n) is 3.24. The summed E-state index contributed by atoms with van der Waals surface area (Å²) in [6, 6.07) is 2.55. The lowest BCUT2D eigenvalue weighted by Gasteiger charge is -1.99. The van der Waals surface area contributed by atoms with Crippen molar-refractivity contribution in [2.45, 2.75) is 6.43 Å². The molecule has 0 aliphatic carbocycles. The van der Waals surface area contributed by atoms with Gasteiger partial charge in [0.25, 0.3) is 12.1 Å².